The number of carbonyl (C=O) groups excluding carboxylic acids is 1. The summed E-state index contributed by atoms with van der Waals surface area (Å²) < 4.78 is 30.5. The van der Waals surface area contributed by atoms with Crippen LogP contribution in [0.5, 0.6) is 0 Å². The van der Waals surface area contributed by atoms with Crippen molar-refractivity contribution in [1.29, 1.82) is 0 Å². The van der Waals surface area contributed by atoms with Crippen molar-refractivity contribution in [1.82, 2.24) is 0 Å². The lowest BCUT2D eigenvalue weighted by atomic mass is 10.1. The van der Waals surface area contributed by atoms with Crippen molar-refractivity contribution in [3.63, 3.8) is 0 Å². The quantitative estimate of drug-likeness (QED) is 0.582. The number of benzene rings is 1. The molecule has 0 fully saturated rings. The number of ether oxygens (including phenoxy) is 1. The molecule has 0 spiro atoms. The second-order valence-corrected chi connectivity index (χ2v) is 3.09. The molecule has 0 radical (unpaired) electrons. The molecule has 2 nitrogen and oxygen atoms in total. The number of hydrogen-bond donors (Lipinski definition) is 0. The normalized spacial score (nSPS) is 10.7. The first kappa shape index (κ1) is 12.4. The zero-order chi connectivity index (χ0) is 12.0. The van der Waals surface area contributed by atoms with Crippen LogP contribution >= 0.6 is 0 Å². The Hall–Kier alpha value is -1.71. The topological polar surface area (TPSA) is 26.3 Å². The highest BCUT2D eigenvalue weighted by Crippen LogP contribution is 2.10. The Morgan fingerprint density at radius 1 is 1.44 bits per heavy atom. The van der Waals surface area contributed by atoms with E-state index in [1.54, 1.807) is 6.92 Å². The molecule has 0 aliphatic heterocycles. The van der Waals surface area contributed by atoms with E-state index in [0.717, 1.165) is 18.2 Å². The molecule has 0 amide bonds. The highest BCUT2D eigenvalue weighted by atomic mass is 19.1. The first-order chi connectivity index (χ1) is 7.63. The summed E-state index contributed by atoms with van der Waals surface area (Å²) in [7, 11) is 0. The molecule has 1 aromatic carbocycles. The number of allylic oxidation sites excluding steroid dienone is 1. The van der Waals surface area contributed by atoms with Gasteiger partial charge in [-0.05, 0) is 37.1 Å². The Bertz CT molecular complexity index is 400. The Morgan fingerprint density at radius 3 is 2.88 bits per heavy atom. The molecule has 0 bridgehead atoms. The summed E-state index contributed by atoms with van der Waals surface area (Å²) in [5.41, 5.74) is 0.209. The first-order valence-corrected chi connectivity index (χ1v) is 4.90. The lowest BCUT2D eigenvalue weighted by Gasteiger charge is -1.99. The van der Waals surface area contributed by atoms with Crippen LogP contribution in [0.15, 0.2) is 30.4 Å². The predicted octanol–water partition coefficient (Wildman–Crippen LogP) is 2.63. The molecule has 0 unspecified atom stereocenters. The molecule has 0 aromatic heterocycles. The Labute approximate surface area is 92.5 Å². The average molecular weight is 226 g/mol. The van der Waals surface area contributed by atoms with Crippen LogP contribution in [0.1, 0.15) is 12.5 Å². The minimum absolute atomic E-state index is 0.155. The molecule has 0 aliphatic carbocycles. The van der Waals surface area contributed by atoms with E-state index < -0.39 is 17.6 Å². The fraction of sp³-hybridized carbons (Fsp3) is 0.250. The van der Waals surface area contributed by atoms with E-state index in [9.17, 15) is 13.6 Å². The van der Waals surface area contributed by atoms with E-state index in [1.807, 2.05) is 0 Å². The lowest BCUT2D eigenvalue weighted by molar-refractivity contribution is -0.137. The molecule has 4 heteroatoms. The number of carbonyl (C=O) groups is 1. The Morgan fingerprint density at radius 2 is 2.19 bits per heavy atom. The van der Waals surface area contributed by atoms with Crippen molar-refractivity contribution in [2.45, 2.75) is 13.3 Å². The van der Waals surface area contributed by atoms with E-state index in [0.29, 0.717) is 0 Å². The fourth-order valence-corrected chi connectivity index (χ4v) is 1.17. The Kier molecular flexibility index (Phi) is 4.64. The summed E-state index contributed by atoms with van der Waals surface area (Å²) in [6.45, 7) is 1.98. The predicted molar refractivity (Wildman–Crippen MR) is 55.8 cm³/mol. The van der Waals surface area contributed by atoms with E-state index in [1.165, 1.54) is 12.2 Å². The van der Waals surface area contributed by atoms with Gasteiger partial charge in [0.1, 0.15) is 11.6 Å². The van der Waals surface area contributed by atoms with Crippen LogP contribution in [0.4, 0.5) is 8.78 Å². The van der Waals surface area contributed by atoms with Gasteiger partial charge in [0.25, 0.3) is 0 Å². The highest BCUT2D eigenvalue weighted by molar-refractivity contribution is 5.81. The maximum atomic E-state index is 13.1. The van der Waals surface area contributed by atoms with Crippen LogP contribution < -0.4 is 0 Å². The van der Waals surface area contributed by atoms with Gasteiger partial charge in [-0.3, -0.25) is 0 Å². The van der Waals surface area contributed by atoms with Crippen LogP contribution in [-0.4, -0.2) is 12.6 Å². The summed E-state index contributed by atoms with van der Waals surface area (Å²) >= 11 is 0. The minimum Gasteiger partial charge on any atom is -0.463 e. The molecule has 0 atom stereocenters. The van der Waals surface area contributed by atoms with Gasteiger partial charge in [-0.1, -0.05) is 6.08 Å². The molecule has 0 saturated carbocycles. The second-order valence-electron chi connectivity index (χ2n) is 3.09. The van der Waals surface area contributed by atoms with Gasteiger partial charge in [-0.15, -0.1) is 0 Å². The molecule has 16 heavy (non-hydrogen) atoms. The molecule has 1 aromatic rings. The molecular weight excluding hydrogens is 214 g/mol. The first-order valence-electron chi connectivity index (χ1n) is 4.90. The zero-order valence-corrected chi connectivity index (χ0v) is 8.87. The monoisotopic (exact) mass is 226 g/mol. The molecule has 0 aliphatic rings. The third-order valence-corrected chi connectivity index (χ3v) is 1.89. The van der Waals surface area contributed by atoms with Gasteiger partial charge >= 0.3 is 5.97 Å². The number of hydrogen-bond acceptors (Lipinski definition) is 2. The van der Waals surface area contributed by atoms with E-state index in [2.05, 4.69) is 4.74 Å². The van der Waals surface area contributed by atoms with Gasteiger partial charge in [0.2, 0.25) is 0 Å². The van der Waals surface area contributed by atoms with Crippen molar-refractivity contribution in [3.05, 3.63) is 47.5 Å². The van der Waals surface area contributed by atoms with Gasteiger partial charge in [0.05, 0.1) is 6.61 Å². The third-order valence-electron chi connectivity index (χ3n) is 1.89. The Balaban J connectivity index is 2.60. The third kappa shape index (κ3) is 3.81. The van der Waals surface area contributed by atoms with Gasteiger partial charge in [0.15, 0.2) is 0 Å². The smallest absolute Gasteiger partial charge is 0.330 e. The molecular formula is C12H12F2O2. The van der Waals surface area contributed by atoms with E-state index in [-0.39, 0.29) is 18.6 Å². The fourth-order valence-electron chi connectivity index (χ4n) is 1.17. The molecule has 0 N–H and O–H groups in total. The molecule has 86 valence electrons. The summed E-state index contributed by atoms with van der Waals surface area (Å²) in [5.74, 6) is -1.48. The van der Waals surface area contributed by atoms with Crippen molar-refractivity contribution in [3.8, 4) is 0 Å². The zero-order valence-electron chi connectivity index (χ0n) is 8.87. The van der Waals surface area contributed by atoms with Gasteiger partial charge in [-0.2, -0.15) is 0 Å². The molecule has 0 heterocycles. The van der Waals surface area contributed by atoms with Gasteiger partial charge in [-0.25, -0.2) is 13.6 Å². The largest absolute Gasteiger partial charge is 0.463 e. The second kappa shape index (κ2) is 6.00. The summed E-state index contributed by atoms with van der Waals surface area (Å²) in [6, 6.07) is 3.21. The van der Waals surface area contributed by atoms with Crippen molar-refractivity contribution >= 4 is 5.97 Å². The SMILES string of the molecule is CCOC(=O)/C=C/Cc1cc(F)ccc1F. The van der Waals surface area contributed by atoms with Gasteiger partial charge < -0.3 is 4.74 Å². The number of rotatable bonds is 4. The van der Waals surface area contributed by atoms with Crippen LogP contribution in [0, 0.1) is 11.6 Å². The molecule has 1 rings (SSSR count). The number of halogens is 2. The van der Waals surface area contributed by atoms with Crippen LogP contribution in [0.25, 0.3) is 0 Å². The van der Waals surface area contributed by atoms with Crippen molar-refractivity contribution in [2.75, 3.05) is 6.61 Å². The highest BCUT2D eigenvalue weighted by Gasteiger charge is 2.02. The van der Waals surface area contributed by atoms with Crippen molar-refractivity contribution < 1.29 is 18.3 Å². The standard InChI is InChI=1S/C12H12F2O2/c1-2-16-12(15)5-3-4-9-8-10(13)6-7-11(9)14/h3,5-8H,2,4H2,1H3/b5-3+. The minimum atomic E-state index is -0.499. The summed E-state index contributed by atoms with van der Waals surface area (Å²) in [5, 5.41) is 0. The van der Waals surface area contributed by atoms with Crippen molar-refractivity contribution in [2.24, 2.45) is 0 Å². The average Bonchev–Trinajstić information content (AvgIpc) is 2.23. The van der Waals surface area contributed by atoms with E-state index >= 15 is 0 Å². The summed E-state index contributed by atoms with van der Waals surface area (Å²) in [4.78, 5) is 10.9. The number of esters is 1. The van der Waals surface area contributed by atoms with Crippen LogP contribution in [0.2, 0.25) is 0 Å². The maximum Gasteiger partial charge on any atom is 0.330 e. The van der Waals surface area contributed by atoms with Crippen LogP contribution in [-0.2, 0) is 16.0 Å². The molecule has 0 saturated heterocycles. The van der Waals surface area contributed by atoms with Gasteiger partial charge in [0, 0.05) is 6.08 Å². The summed E-state index contributed by atoms with van der Waals surface area (Å²) in [6.07, 6.45) is 2.80. The maximum absolute atomic E-state index is 13.1. The lowest BCUT2D eigenvalue weighted by Crippen LogP contribution is -1.99. The van der Waals surface area contributed by atoms with E-state index in [4.69, 9.17) is 0 Å². The van der Waals surface area contributed by atoms with Crippen LogP contribution in [0.3, 0.4) is 0 Å².